The summed E-state index contributed by atoms with van der Waals surface area (Å²) in [5, 5.41) is 3.42. The number of nitrogens with zero attached hydrogens (tertiary/aromatic N) is 3. The lowest BCUT2D eigenvalue weighted by Crippen LogP contribution is -2.31. The Kier molecular flexibility index (Phi) is 5.39. The Hall–Kier alpha value is -1.62. The molecular weight excluding hydrogens is 364 g/mol. The molecule has 2 heterocycles. The summed E-state index contributed by atoms with van der Waals surface area (Å²) >= 11 is 3.57. The lowest BCUT2D eigenvalue weighted by atomic mass is 10.00. The molecule has 24 heavy (non-hydrogen) atoms. The zero-order valence-electron chi connectivity index (χ0n) is 14.6. The van der Waals surface area contributed by atoms with Crippen LogP contribution in [-0.2, 0) is 19.4 Å². The van der Waals surface area contributed by atoms with Crippen LogP contribution in [0.15, 0.2) is 28.7 Å². The van der Waals surface area contributed by atoms with Crippen LogP contribution in [0, 0.1) is 0 Å². The number of anilines is 2. The zero-order chi connectivity index (χ0) is 17.1. The van der Waals surface area contributed by atoms with Crippen molar-refractivity contribution >= 4 is 27.7 Å². The topological polar surface area (TPSA) is 41.1 Å². The maximum absolute atomic E-state index is 4.78. The minimum absolute atomic E-state index is 0.379. The van der Waals surface area contributed by atoms with Crippen molar-refractivity contribution < 1.29 is 0 Å². The van der Waals surface area contributed by atoms with Gasteiger partial charge in [-0.25, -0.2) is 4.98 Å². The predicted molar refractivity (Wildman–Crippen MR) is 104 cm³/mol. The van der Waals surface area contributed by atoms with Crippen LogP contribution in [0.25, 0.3) is 0 Å². The number of aryl methyl sites for hydroxylation is 1. The van der Waals surface area contributed by atoms with E-state index in [2.05, 4.69) is 76.2 Å². The third-order valence-corrected chi connectivity index (χ3v) is 5.11. The average molecular weight is 389 g/mol. The van der Waals surface area contributed by atoms with E-state index in [9.17, 15) is 0 Å². The van der Waals surface area contributed by atoms with Crippen molar-refractivity contribution in [2.24, 2.45) is 0 Å². The van der Waals surface area contributed by atoms with Crippen LogP contribution >= 0.6 is 15.9 Å². The second kappa shape index (κ2) is 7.51. The third-order valence-electron chi connectivity index (χ3n) is 4.62. The molecule has 1 aliphatic rings. The Morgan fingerprint density at radius 2 is 2.04 bits per heavy atom. The lowest BCUT2D eigenvalue weighted by molar-refractivity contribution is 0.712. The van der Waals surface area contributed by atoms with E-state index in [0.29, 0.717) is 6.04 Å². The second-order valence-corrected chi connectivity index (χ2v) is 7.35. The third kappa shape index (κ3) is 3.89. The first-order valence-electron chi connectivity index (χ1n) is 8.75. The van der Waals surface area contributed by atoms with Crippen LogP contribution < -0.4 is 10.2 Å². The van der Waals surface area contributed by atoms with Gasteiger partial charge in [-0.1, -0.05) is 35.8 Å². The van der Waals surface area contributed by atoms with Gasteiger partial charge in [-0.15, -0.1) is 0 Å². The molecule has 128 valence electrons. The fraction of sp³-hybridized carbons (Fsp3) is 0.474. The largest absolute Gasteiger partial charge is 0.352 e. The Morgan fingerprint density at radius 3 is 2.79 bits per heavy atom. The van der Waals surface area contributed by atoms with Gasteiger partial charge < -0.3 is 10.2 Å². The van der Waals surface area contributed by atoms with E-state index in [4.69, 9.17) is 4.98 Å². The van der Waals surface area contributed by atoms with Crippen molar-refractivity contribution in [3.63, 3.8) is 0 Å². The van der Waals surface area contributed by atoms with E-state index in [1.807, 2.05) is 0 Å². The van der Waals surface area contributed by atoms with Gasteiger partial charge in [0.2, 0.25) is 5.95 Å². The molecule has 0 radical (unpaired) electrons. The van der Waals surface area contributed by atoms with Crippen LogP contribution in [0.4, 0.5) is 11.8 Å². The summed E-state index contributed by atoms with van der Waals surface area (Å²) in [7, 11) is 0. The van der Waals surface area contributed by atoms with E-state index < -0.39 is 0 Å². The number of rotatable bonds is 5. The Morgan fingerprint density at radius 1 is 1.21 bits per heavy atom. The Bertz CT molecular complexity index is 717. The summed E-state index contributed by atoms with van der Waals surface area (Å²) in [6.45, 7) is 8.37. The quantitative estimate of drug-likeness (QED) is 0.813. The highest BCUT2D eigenvalue weighted by atomic mass is 79.9. The fourth-order valence-corrected chi connectivity index (χ4v) is 3.34. The van der Waals surface area contributed by atoms with Crippen molar-refractivity contribution in [1.29, 1.82) is 0 Å². The number of halogens is 1. The summed E-state index contributed by atoms with van der Waals surface area (Å²) in [6.07, 6.45) is 3.03. The van der Waals surface area contributed by atoms with Gasteiger partial charge in [0.15, 0.2) is 0 Å². The summed E-state index contributed by atoms with van der Waals surface area (Å²) < 4.78 is 1.16. The van der Waals surface area contributed by atoms with Gasteiger partial charge in [-0.2, -0.15) is 4.98 Å². The molecule has 5 heteroatoms. The molecule has 1 aromatic heterocycles. The number of nitrogens with one attached hydrogen (secondary N) is 1. The van der Waals surface area contributed by atoms with Crippen molar-refractivity contribution in [2.75, 3.05) is 16.8 Å². The molecule has 0 saturated heterocycles. The highest BCUT2D eigenvalue weighted by Crippen LogP contribution is 2.26. The van der Waals surface area contributed by atoms with Gasteiger partial charge in [-0.3, -0.25) is 0 Å². The average Bonchev–Trinajstić information content (AvgIpc) is 2.60. The van der Waals surface area contributed by atoms with E-state index >= 15 is 0 Å². The minimum atomic E-state index is 0.379. The van der Waals surface area contributed by atoms with Gasteiger partial charge in [0.25, 0.3) is 0 Å². The smallest absolute Gasteiger partial charge is 0.225 e. The molecule has 0 amide bonds. The van der Waals surface area contributed by atoms with Crippen LogP contribution in [0.2, 0.25) is 0 Å². The first-order chi connectivity index (χ1) is 11.6. The van der Waals surface area contributed by atoms with Gasteiger partial charge in [0, 0.05) is 35.4 Å². The van der Waals surface area contributed by atoms with Crippen LogP contribution in [0.3, 0.4) is 0 Å². The maximum atomic E-state index is 4.78. The van der Waals surface area contributed by atoms with Crippen molar-refractivity contribution in [3.8, 4) is 0 Å². The molecule has 4 nitrogen and oxygen atoms in total. The van der Waals surface area contributed by atoms with Crippen LogP contribution in [0.5, 0.6) is 0 Å². The highest BCUT2D eigenvalue weighted by molar-refractivity contribution is 9.10. The normalized spacial score (nSPS) is 15.1. The SMILES string of the molecule is CCc1cc(N2CCc3cc(Br)ccc3C2)nc(N[C@@H](C)CC)n1. The molecule has 1 atom stereocenters. The van der Waals surface area contributed by atoms with Gasteiger partial charge in [0.05, 0.1) is 0 Å². The molecular formula is C19H25BrN4. The zero-order valence-corrected chi connectivity index (χ0v) is 16.2. The van der Waals surface area contributed by atoms with Crippen molar-refractivity contribution in [3.05, 3.63) is 45.6 Å². The van der Waals surface area contributed by atoms with Gasteiger partial charge in [-0.05, 0) is 49.4 Å². The molecule has 0 aliphatic carbocycles. The highest BCUT2D eigenvalue weighted by Gasteiger charge is 2.19. The van der Waals surface area contributed by atoms with Crippen LogP contribution in [-0.4, -0.2) is 22.6 Å². The number of fused-ring (bicyclic) bond motifs is 1. The van der Waals surface area contributed by atoms with Crippen molar-refractivity contribution in [1.82, 2.24) is 9.97 Å². The molecule has 3 rings (SSSR count). The Labute approximate surface area is 152 Å². The molecule has 0 spiro atoms. The summed E-state index contributed by atoms with van der Waals surface area (Å²) in [5.41, 5.74) is 3.91. The molecule has 0 fully saturated rings. The molecule has 2 aromatic rings. The number of hydrogen-bond acceptors (Lipinski definition) is 4. The van der Waals surface area contributed by atoms with Gasteiger partial charge >= 0.3 is 0 Å². The predicted octanol–water partition coefficient (Wildman–Crippen LogP) is 4.57. The molecule has 0 unspecified atom stereocenters. The fourth-order valence-electron chi connectivity index (χ4n) is 2.93. The van der Waals surface area contributed by atoms with Crippen molar-refractivity contribution in [2.45, 2.75) is 52.6 Å². The monoisotopic (exact) mass is 388 g/mol. The summed E-state index contributed by atoms with van der Waals surface area (Å²) in [6, 6.07) is 9.08. The standard InChI is InChI=1S/C19H25BrN4/c1-4-13(3)21-19-22-17(5-2)11-18(23-19)24-9-8-14-10-16(20)7-6-15(14)12-24/h6-7,10-11,13H,4-5,8-9,12H2,1-3H3,(H,21,22,23)/t13-/m0/s1. The minimum Gasteiger partial charge on any atom is -0.352 e. The number of benzene rings is 1. The molecule has 0 saturated carbocycles. The number of hydrogen-bond donors (Lipinski definition) is 1. The molecule has 1 N–H and O–H groups in total. The molecule has 1 aliphatic heterocycles. The first kappa shape index (κ1) is 17.2. The second-order valence-electron chi connectivity index (χ2n) is 6.43. The molecule has 1 aromatic carbocycles. The maximum Gasteiger partial charge on any atom is 0.225 e. The van der Waals surface area contributed by atoms with Gasteiger partial charge in [0.1, 0.15) is 5.82 Å². The van der Waals surface area contributed by atoms with E-state index in [1.165, 1.54) is 11.1 Å². The van der Waals surface area contributed by atoms with E-state index in [1.54, 1.807) is 0 Å². The Balaban J connectivity index is 1.86. The van der Waals surface area contributed by atoms with Crippen LogP contribution in [0.1, 0.15) is 44.0 Å². The molecule has 0 bridgehead atoms. The summed E-state index contributed by atoms with van der Waals surface area (Å²) in [5.74, 6) is 1.78. The summed E-state index contributed by atoms with van der Waals surface area (Å²) in [4.78, 5) is 11.8. The number of aromatic nitrogens is 2. The van der Waals surface area contributed by atoms with E-state index in [0.717, 1.165) is 54.3 Å². The lowest BCUT2D eigenvalue weighted by Gasteiger charge is -2.30. The first-order valence-corrected chi connectivity index (χ1v) is 9.55. The van der Waals surface area contributed by atoms with E-state index in [-0.39, 0.29) is 0 Å².